The summed E-state index contributed by atoms with van der Waals surface area (Å²) in [5, 5.41) is 8.18. The first kappa shape index (κ1) is 19.5. The zero-order valence-corrected chi connectivity index (χ0v) is 16.7. The number of nitrogens with zero attached hydrogens (tertiary/aromatic N) is 1. The van der Waals surface area contributed by atoms with Crippen molar-refractivity contribution in [3.05, 3.63) is 50.6 Å². The van der Waals surface area contributed by atoms with Crippen LogP contribution in [0.3, 0.4) is 0 Å². The van der Waals surface area contributed by atoms with Gasteiger partial charge in [-0.3, -0.25) is 9.69 Å². The van der Waals surface area contributed by atoms with Crippen molar-refractivity contribution in [3.8, 4) is 5.75 Å². The molecular formula is C19H22Cl2N2O2S. The highest BCUT2D eigenvalue weighted by Crippen LogP contribution is 2.28. The highest BCUT2D eigenvalue weighted by atomic mass is 35.5. The quantitative estimate of drug-likeness (QED) is 0.711. The van der Waals surface area contributed by atoms with Gasteiger partial charge in [-0.2, -0.15) is 11.3 Å². The SMILES string of the molecule is O=C(COc1ccc(Cl)cc1Cl)NCC(c1ccsc1)N1CCCCC1. The summed E-state index contributed by atoms with van der Waals surface area (Å²) in [6.07, 6.45) is 3.72. The van der Waals surface area contributed by atoms with Gasteiger partial charge in [-0.15, -0.1) is 0 Å². The Balaban J connectivity index is 1.53. The number of carbonyl (C=O) groups is 1. The third kappa shape index (κ3) is 5.36. The fourth-order valence-corrected chi connectivity index (χ4v) is 4.32. The molecule has 1 fully saturated rings. The van der Waals surface area contributed by atoms with Gasteiger partial charge in [0.15, 0.2) is 6.61 Å². The van der Waals surface area contributed by atoms with Gasteiger partial charge in [0.25, 0.3) is 5.91 Å². The molecule has 0 spiro atoms. The second kappa shape index (κ2) is 9.60. The lowest BCUT2D eigenvalue weighted by atomic mass is 10.0. The van der Waals surface area contributed by atoms with Crippen LogP contribution in [0.15, 0.2) is 35.0 Å². The Kier molecular flexibility index (Phi) is 7.20. The van der Waals surface area contributed by atoms with Crippen molar-refractivity contribution in [2.45, 2.75) is 25.3 Å². The molecule has 140 valence electrons. The van der Waals surface area contributed by atoms with E-state index in [1.54, 1.807) is 29.5 Å². The number of hydrogen-bond acceptors (Lipinski definition) is 4. The molecule has 0 aliphatic carbocycles. The molecular weight excluding hydrogens is 391 g/mol. The molecule has 2 aromatic rings. The predicted molar refractivity (Wildman–Crippen MR) is 107 cm³/mol. The van der Waals surface area contributed by atoms with Crippen LogP contribution in [0, 0.1) is 0 Å². The number of thiophene rings is 1. The Morgan fingerprint density at radius 2 is 2.04 bits per heavy atom. The van der Waals surface area contributed by atoms with E-state index in [1.165, 1.54) is 24.8 Å². The molecule has 3 rings (SSSR count). The summed E-state index contributed by atoms with van der Waals surface area (Å²) in [6.45, 7) is 2.66. The molecule has 1 saturated heterocycles. The first-order chi connectivity index (χ1) is 12.6. The van der Waals surface area contributed by atoms with Crippen LogP contribution in [0.5, 0.6) is 5.75 Å². The van der Waals surface area contributed by atoms with Crippen molar-refractivity contribution < 1.29 is 9.53 Å². The standard InChI is InChI=1S/C19H22Cl2N2O2S/c20-15-4-5-18(16(21)10-15)25-12-19(24)22-11-17(14-6-9-26-13-14)23-7-2-1-3-8-23/h4-6,9-10,13,17H,1-3,7-8,11-12H2,(H,22,24). The van der Waals surface area contributed by atoms with Gasteiger partial charge >= 0.3 is 0 Å². The zero-order valence-electron chi connectivity index (χ0n) is 14.4. The molecule has 0 saturated carbocycles. The predicted octanol–water partition coefficient (Wildman–Crippen LogP) is 4.78. The van der Waals surface area contributed by atoms with Crippen molar-refractivity contribution in [1.82, 2.24) is 10.2 Å². The lowest BCUT2D eigenvalue weighted by molar-refractivity contribution is -0.123. The molecule has 26 heavy (non-hydrogen) atoms. The molecule has 1 amide bonds. The molecule has 1 aromatic carbocycles. The van der Waals surface area contributed by atoms with Crippen LogP contribution in [-0.4, -0.2) is 37.0 Å². The van der Waals surface area contributed by atoms with Gasteiger partial charge in [0.2, 0.25) is 0 Å². The molecule has 1 unspecified atom stereocenters. The average Bonchev–Trinajstić information content (AvgIpc) is 3.16. The Labute approximate surface area is 168 Å². The van der Waals surface area contributed by atoms with E-state index in [4.69, 9.17) is 27.9 Å². The van der Waals surface area contributed by atoms with Gasteiger partial charge in [0.05, 0.1) is 11.1 Å². The van der Waals surface area contributed by atoms with E-state index in [2.05, 4.69) is 27.0 Å². The fourth-order valence-electron chi connectivity index (χ4n) is 3.15. The average molecular weight is 413 g/mol. The molecule has 7 heteroatoms. The van der Waals surface area contributed by atoms with Gasteiger partial charge in [0.1, 0.15) is 5.75 Å². The minimum absolute atomic E-state index is 0.0717. The number of rotatable bonds is 7. The van der Waals surface area contributed by atoms with E-state index < -0.39 is 0 Å². The van der Waals surface area contributed by atoms with Crippen LogP contribution in [0.4, 0.5) is 0 Å². The topological polar surface area (TPSA) is 41.6 Å². The van der Waals surface area contributed by atoms with Gasteiger partial charge in [-0.1, -0.05) is 29.6 Å². The number of benzene rings is 1. The summed E-state index contributed by atoms with van der Waals surface area (Å²) >= 11 is 13.6. The van der Waals surface area contributed by atoms with Crippen molar-refractivity contribution in [1.29, 1.82) is 0 Å². The van der Waals surface area contributed by atoms with E-state index in [0.717, 1.165) is 13.1 Å². The van der Waals surface area contributed by atoms with E-state index in [1.807, 2.05) is 0 Å². The van der Waals surface area contributed by atoms with E-state index in [0.29, 0.717) is 22.3 Å². The maximum atomic E-state index is 12.2. The number of piperidine rings is 1. The fraction of sp³-hybridized carbons (Fsp3) is 0.421. The second-order valence-corrected chi connectivity index (χ2v) is 7.96. The molecule has 1 aliphatic heterocycles. The first-order valence-corrected chi connectivity index (χ1v) is 10.4. The first-order valence-electron chi connectivity index (χ1n) is 8.74. The molecule has 1 N–H and O–H groups in total. The second-order valence-electron chi connectivity index (χ2n) is 6.34. The number of halogens is 2. The van der Waals surface area contributed by atoms with Crippen molar-refractivity contribution in [2.24, 2.45) is 0 Å². The van der Waals surface area contributed by atoms with Crippen LogP contribution < -0.4 is 10.1 Å². The summed E-state index contributed by atoms with van der Waals surface area (Å²) in [5.41, 5.74) is 1.26. The molecule has 1 aliphatic rings. The van der Waals surface area contributed by atoms with Crippen molar-refractivity contribution >= 4 is 40.4 Å². The molecule has 1 aromatic heterocycles. The highest BCUT2D eigenvalue weighted by Gasteiger charge is 2.23. The lowest BCUT2D eigenvalue weighted by Gasteiger charge is -2.34. The molecule has 0 radical (unpaired) electrons. The maximum Gasteiger partial charge on any atom is 0.258 e. The number of likely N-dealkylation sites (tertiary alicyclic amines) is 1. The minimum atomic E-state index is -0.159. The van der Waals surface area contributed by atoms with Crippen LogP contribution in [0.1, 0.15) is 30.9 Å². The van der Waals surface area contributed by atoms with E-state index in [-0.39, 0.29) is 18.6 Å². The van der Waals surface area contributed by atoms with Gasteiger partial charge < -0.3 is 10.1 Å². The number of nitrogens with one attached hydrogen (secondary N) is 1. The zero-order chi connectivity index (χ0) is 18.4. The van der Waals surface area contributed by atoms with Gasteiger partial charge in [0, 0.05) is 11.6 Å². The molecule has 0 bridgehead atoms. The smallest absolute Gasteiger partial charge is 0.258 e. The van der Waals surface area contributed by atoms with E-state index in [9.17, 15) is 4.79 Å². The van der Waals surface area contributed by atoms with Crippen LogP contribution in [-0.2, 0) is 4.79 Å². The van der Waals surface area contributed by atoms with Crippen LogP contribution in [0.2, 0.25) is 10.0 Å². The third-order valence-electron chi connectivity index (χ3n) is 4.50. The number of amides is 1. The Morgan fingerprint density at radius 1 is 1.23 bits per heavy atom. The minimum Gasteiger partial charge on any atom is -0.482 e. The summed E-state index contributed by atoms with van der Waals surface area (Å²) in [4.78, 5) is 14.7. The largest absolute Gasteiger partial charge is 0.482 e. The van der Waals surface area contributed by atoms with Crippen LogP contribution in [0.25, 0.3) is 0 Å². The highest BCUT2D eigenvalue weighted by molar-refractivity contribution is 7.08. The lowest BCUT2D eigenvalue weighted by Crippen LogP contribution is -2.41. The summed E-state index contributed by atoms with van der Waals surface area (Å²) in [5.74, 6) is 0.296. The van der Waals surface area contributed by atoms with Crippen molar-refractivity contribution in [2.75, 3.05) is 26.2 Å². The summed E-state index contributed by atoms with van der Waals surface area (Å²) < 4.78 is 5.51. The normalized spacial score (nSPS) is 16.2. The van der Waals surface area contributed by atoms with Gasteiger partial charge in [-0.25, -0.2) is 0 Å². The Morgan fingerprint density at radius 3 is 2.73 bits per heavy atom. The summed E-state index contributed by atoms with van der Waals surface area (Å²) in [7, 11) is 0. The molecule has 2 heterocycles. The number of hydrogen-bond donors (Lipinski definition) is 1. The summed E-state index contributed by atoms with van der Waals surface area (Å²) in [6, 6.07) is 7.30. The third-order valence-corrected chi connectivity index (χ3v) is 5.74. The number of carbonyl (C=O) groups excluding carboxylic acids is 1. The van der Waals surface area contributed by atoms with Gasteiger partial charge in [-0.05, 0) is 66.5 Å². The van der Waals surface area contributed by atoms with Crippen molar-refractivity contribution in [3.63, 3.8) is 0 Å². The molecule has 4 nitrogen and oxygen atoms in total. The maximum absolute atomic E-state index is 12.2. The van der Waals surface area contributed by atoms with Crippen LogP contribution >= 0.6 is 34.5 Å². The Hall–Kier alpha value is -1.27. The van der Waals surface area contributed by atoms with E-state index >= 15 is 0 Å². The molecule has 1 atom stereocenters. The number of ether oxygens (including phenoxy) is 1. The monoisotopic (exact) mass is 412 g/mol. The Bertz CT molecular complexity index is 718.